The number of fused-ring (bicyclic) bond motifs is 2. The minimum Gasteiger partial charge on any atom is -0.465 e. The van der Waals surface area contributed by atoms with Gasteiger partial charge in [0.1, 0.15) is 0 Å². The summed E-state index contributed by atoms with van der Waals surface area (Å²) in [5.41, 5.74) is 3.01. The number of carbonyl (C=O) groups excluding carboxylic acids is 2. The number of rotatable bonds is 2. The molecule has 0 N–H and O–H groups in total. The highest BCUT2D eigenvalue weighted by molar-refractivity contribution is 6.05. The number of anilines is 1. The van der Waals surface area contributed by atoms with Gasteiger partial charge >= 0.3 is 5.97 Å². The smallest absolute Gasteiger partial charge is 0.337 e. The summed E-state index contributed by atoms with van der Waals surface area (Å²) in [5.74, 6) is -0.180. The summed E-state index contributed by atoms with van der Waals surface area (Å²) in [6, 6.07) is 6.97. The van der Waals surface area contributed by atoms with Crippen LogP contribution in [0.2, 0.25) is 0 Å². The van der Waals surface area contributed by atoms with Crippen molar-refractivity contribution in [2.45, 2.75) is 13.3 Å². The van der Waals surface area contributed by atoms with E-state index in [0.29, 0.717) is 24.3 Å². The molecule has 126 valence electrons. The van der Waals surface area contributed by atoms with Crippen LogP contribution in [0.15, 0.2) is 30.5 Å². The predicted octanol–water partition coefficient (Wildman–Crippen LogP) is 1.42. The third-order valence-corrected chi connectivity index (χ3v) is 4.26. The maximum Gasteiger partial charge on any atom is 0.337 e. The summed E-state index contributed by atoms with van der Waals surface area (Å²) in [5, 5.41) is 4.27. The summed E-state index contributed by atoms with van der Waals surface area (Å²) in [7, 11) is 1.34. The molecule has 2 aromatic heterocycles. The number of hydrogen-bond donors (Lipinski definition) is 0. The Balaban J connectivity index is 1.68. The number of carbonyl (C=O) groups is 2. The standard InChI is InChI=1S/C17H15N5O3/c1-10-5-7-18-17-19-14(20-22(10)17)15(23)21-8-6-11-9-12(16(24)25-2)3-4-13(11)21/h3-5,7,9H,6,8H2,1-2H3. The Morgan fingerprint density at radius 2 is 2.08 bits per heavy atom. The van der Waals surface area contributed by atoms with Gasteiger partial charge in [-0.25, -0.2) is 14.3 Å². The largest absolute Gasteiger partial charge is 0.465 e. The molecule has 25 heavy (non-hydrogen) atoms. The molecular weight excluding hydrogens is 322 g/mol. The van der Waals surface area contributed by atoms with E-state index in [1.165, 1.54) is 7.11 Å². The first-order valence-electron chi connectivity index (χ1n) is 7.80. The van der Waals surface area contributed by atoms with Gasteiger partial charge in [0.25, 0.3) is 11.7 Å². The summed E-state index contributed by atoms with van der Waals surface area (Å²) < 4.78 is 6.28. The maximum absolute atomic E-state index is 12.8. The summed E-state index contributed by atoms with van der Waals surface area (Å²) >= 11 is 0. The van der Waals surface area contributed by atoms with Crippen LogP contribution in [0.4, 0.5) is 5.69 Å². The molecule has 0 unspecified atom stereocenters. The van der Waals surface area contributed by atoms with Gasteiger partial charge in [0.05, 0.1) is 12.7 Å². The molecule has 0 saturated heterocycles. The molecule has 0 aliphatic carbocycles. The van der Waals surface area contributed by atoms with E-state index in [2.05, 4.69) is 15.1 Å². The number of hydrogen-bond acceptors (Lipinski definition) is 6. The molecular formula is C17H15N5O3. The lowest BCUT2D eigenvalue weighted by molar-refractivity contribution is 0.0600. The van der Waals surface area contributed by atoms with E-state index in [9.17, 15) is 9.59 Å². The molecule has 1 amide bonds. The third-order valence-electron chi connectivity index (χ3n) is 4.26. The first-order valence-corrected chi connectivity index (χ1v) is 7.80. The van der Waals surface area contributed by atoms with Crippen LogP contribution in [-0.4, -0.2) is 45.1 Å². The molecule has 1 aliphatic heterocycles. The Bertz CT molecular complexity index is 1010. The predicted molar refractivity (Wildman–Crippen MR) is 88.7 cm³/mol. The van der Waals surface area contributed by atoms with Crippen LogP contribution >= 0.6 is 0 Å². The zero-order valence-electron chi connectivity index (χ0n) is 13.8. The van der Waals surface area contributed by atoms with Crippen molar-refractivity contribution in [3.8, 4) is 0 Å². The monoisotopic (exact) mass is 337 g/mol. The van der Waals surface area contributed by atoms with E-state index in [1.54, 1.807) is 39.9 Å². The first kappa shape index (κ1) is 15.3. The first-order chi connectivity index (χ1) is 12.1. The van der Waals surface area contributed by atoms with Gasteiger partial charge in [0.15, 0.2) is 0 Å². The van der Waals surface area contributed by atoms with Crippen LogP contribution in [0.25, 0.3) is 5.78 Å². The maximum atomic E-state index is 12.8. The minimum atomic E-state index is -0.392. The zero-order valence-corrected chi connectivity index (χ0v) is 13.8. The van der Waals surface area contributed by atoms with Crippen LogP contribution < -0.4 is 4.90 Å². The lowest BCUT2D eigenvalue weighted by Crippen LogP contribution is -2.29. The van der Waals surface area contributed by atoms with Gasteiger partial charge in [-0.2, -0.15) is 4.98 Å². The van der Waals surface area contributed by atoms with Crippen molar-refractivity contribution in [1.82, 2.24) is 19.6 Å². The van der Waals surface area contributed by atoms with E-state index in [1.807, 2.05) is 6.92 Å². The summed E-state index contributed by atoms with van der Waals surface area (Å²) in [4.78, 5) is 34.5. The number of methoxy groups -OCH3 is 1. The van der Waals surface area contributed by atoms with Crippen molar-refractivity contribution >= 4 is 23.3 Å². The fourth-order valence-corrected chi connectivity index (χ4v) is 2.98. The van der Waals surface area contributed by atoms with Gasteiger partial charge < -0.3 is 9.64 Å². The number of aromatic nitrogens is 4. The highest BCUT2D eigenvalue weighted by Gasteiger charge is 2.29. The van der Waals surface area contributed by atoms with Gasteiger partial charge in [0, 0.05) is 24.1 Å². The molecule has 0 fully saturated rings. The summed E-state index contributed by atoms with van der Waals surface area (Å²) in [6.07, 6.45) is 2.30. The second kappa shape index (κ2) is 5.66. The minimum absolute atomic E-state index is 0.103. The van der Waals surface area contributed by atoms with E-state index in [-0.39, 0.29) is 11.7 Å². The molecule has 3 aromatic rings. The topological polar surface area (TPSA) is 89.7 Å². The van der Waals surface area contributed by atoms with Crippen molar-refractivity contribution in [2.75, 3.05) is 18.6 Å². The van der Waals surface area contributed by atoms with Crippen LogP contribution in [0, 0.1) is 6.92 Å². The van der Waals surface area contributed by atoms with Crippen molar-refractivity contribution in [3.63, 3.8) is 0 Å². The third kappa shape index (κ3) is 2.42. The fourth-order valence-electron chi connectivity index (χ4n) is 2.98. The van der Waals surface area contributed by atoms with Gasteiger partial charge in [-0.05, 0) is 43.2 Å². The molecule has 3 heterocycles. The molecule has 0 spiro atoms. The summed E-state index contributed by atoms with van der Waals surface area (Å²) in [6.45, 7) is 2.39. The van der Waals surface area contributed by atoms with Gasteiger partial charge in [-0.1, -0.05) is 0 Å². The van der Waals surface area contributed by atoms with Gasteiger partial charge in [0.2, 0.25) is 5.82 Å². The zero-order chi connectivity index (χ0) is 17.6. The molecule has 0 bridgehead atoms. The number of ether oxygens (including phenoxy) is 1. The lowest BCUT2D eigenvalue weighted by Gasteiger charge is -2.15. The van der Waals surface area contributed by atoms with Gasteiger partial charge in [-0.15, -0.1) is 5.10 Å². The Morgan fingerprint density at radius 1 is 1.24 bits per heavy atom. The number of aryl methyl sites for hydroxylation is 1. The second-order valence-electron chi connectivity index (χ2n) is 5.78. The SMILES string of the molecule is COC(=O)c1ccc2c(c1)CCN2C(=O)c1nc2nccc(C)n2n1. The quantitative estimate of drug-likeness (QED) is 0.657. The lowest BCUT2D eigenvalue weighted by atomic mass is 10.1. The van der Waals surface area contributed by atoms with Crippen LogP contribution in [0.5, 0.6) is 0 Å². The Kier molecular flexibility index (Phi) is 3.45. The van der Waals surface area contributed by atoms with Crippen molar-refractivity contribution in [3.05, 3.63) is 53.1 Å². The number of nitrogens with zero attached hydrogens (tertiary/aromatic N) is 5. The highest BCUT2D eigenvalue weighted by Crippen LogP contribution is 2.30. The number of benzene rings is 1. The van der Waals surface area contributed by atoms with Crippen molar-refractivity contribution in [1.29, 1.82) is 0 Å². The van der Waals surface area contributed by atoms with E-state index in [0.717, 1.165) is 16.9 Å². The van der Waals surface area contributed by atoms with Crippen molar-refractivity contribution in [2.24, 2.45) is 0 Å². The Hall–Kier alpha value is -3.29. The molecule has 8 heteroatoms. The second-order valence-corrected chi connectivity index (χ2v) is 5.78. The molecule has 0 atom stereocenters. The molecule has 4 rings (SSSR count). The Labute approximate surface area is 143 Å². The number of esters is 1. The average Bonchev–Trinajstić information content (AvgIpc) is 3.24. The molecule has 1 aromatic carbocycles. The van der Waals surface area contributed by atoms with Crippen LogP contribution in [0.3, 0.4) is 0 Å². The average molecular weight is 337 g/mol. The highest BCUT2D eigenvalue weighted by atomic mass is 16.5. The normalized spacial score (nSPS) is 13.1. The molecule has 1 aliphatic rings. The van der Waals surface area contributed by atoms with Crippen LogP contribution in [0.1, 0.15) is 32.2 Å². The van der Waals surface area contributed by atoms with E-state index in [4.69, 9.17) is 4.74 Å². The fraction of sp³-hybridized carbons (Fsp3) is 0.235. The Morgan fingerprint density at radius 3 is 2.84 bits per heavy atom. The molecule has 8 nitrogen and oxygen atoms in total. The van der Waals surface area contributed by atoms with Crippen LogP contribution in [-0.2, 0) is 11.2 Å². The van der Waals surface area contributed by atoms with Gasteiger partial charge in [-0.3, -0.25) is 4.79 Å². The van der Waals surface area contributed by atoms with E-state index < -0.39 is 5.97 Å². The number of amides is 1. The molecule has 0 saturated carbocycles. The van der Waals surface area contributed by atoms with Crippen molar-refractivity contribution < 1.29 is 14.3 Å². The molecule has 0 radical (unpaired) electrons. The van der Waals surface area contributed by atoms with E-state index >= 15 is 0 Å².